The van der Waals surface area contributed by atoms with Gasteiger partial charge in [0, 0.05) is 16.5 Å². The number of ether oxygens (including phenoxy) is 2. The maximum Gasteiger partial charge on any atom is 0.135 e. The zero-order chi connectivity index (χ0) is 13.9. The van der Waals surface area contributed by atoms with E-state index in [1.165, 1.54) is 16.9 Å². The number of nitrogen functional groups attached to an aromatic ring is 1. The lowest BCUT2D eigenvalue weighted by atomic mass is 9.99. The van der Waals surface area contributed by atoms with Crippen LogP contribution in [0.25, 0.3) is 16.1 Å². The van der Waals surface area contributed by atoms with Crippen LogP contribution in [0.1, 0.15) is 12.0 Å². The first-order chi connectivity index (χ1) is 9.78. The number of thiazole rings is 1. The molecule has 1 aliphatic rings. The molecule has 2 aromatic rings. The van der Waals surface area contributed by atoms with Gasteiger partial charge in [-0.2, -0.15) is 0 Å². The van der Waals surface area contributed by atoms with Crippen LogP contribution in [0.15, 0.2) is 29.7 Å². The van der Waals surface area contributed by atoms with Gasteiger partial charge in [0.05, 0.1) is 20.3 Å². The highest BCUT2D eigenvalue weighted by molar-refractivity contribution is 7.13. The van der Waals surface area contributed by atoms with Gasteiger partial charge in [0.15, 0.2) is 0 Å². The maximum absolute atomic E-state index is 5.68. The average Bonchev–Trinajstić information content (AvgIpc) is 2.94. The monoisotopic (exact) mass is 288 g/mol. The molecule has 0 saturated heterocycles. The molecule has 0 amide bonds. The van der Waals surface area contributed by atoms with Crippen LogP contribution in [0.2, 0.25) is 0 Å². The molecule has 104 valence electrons. The summed E-state index contributed by atoms with van der Waals surface area (Å²) in [4.78, 5) is 4.30. The zero-order valence-electron chi connectivity index (χ0n) is 11.3. The van der Waals surface area contributed by atoms with Gasteiger partial charge in [-0.25, -0.2) is 4.98 Å². The van der Waals surface area contributed by atoms with Gasteiger partial charge in [0.2, 0.25) is 0 Å². The van der Waals surface area contributed by atoms with Crippen LogP contribution < -0.4 is 10.5 Å². The smallest absolute Gasteiger partial charge is 0.135 e. The molecule has 0 bridgehead atoms. The van der Waals surface area contributed by atoms with E-state index in [0.29, 0.717) is 12.4 Å². The molecule has 1 aromatic heterocycles. The summed E-state index contributed by atoms with van der Waals surface area (Å²) in [5.74, 6) is 1.42. The molecule has 3 rings (SSSR count). The molecule has 20 heavy (non-hydrogen) atoms. The Morgan fingerprint density at radius 3 is 2.95 bits per heavy atom. The summed E-state index contributed by atoms with van der Waals surface area (Å²) in [6.07, 6.45) is 3.03. The van der Waals surface area contributed by atoms with Crippen molar-refractivity contribution in [3.05, 3.63) is 35.2 Å². The van der Waals surface area contributed by atoms with Gasteiger partial charge in [-0.05, 0) is 18.1 Å². The van der Waals surface area contributed by atoms with Crippen molar-refractivity contribution in [1.82, 2.24) is 4.98 Å². The van der Waals surface area contributed by atoms with E-state index in [4.69, 9.17) is 15.2 Å². The Morgan fingerprint density at radius 2 is 2.30 bits per heavy atom. The molecule has 0 saturated carbocycles. The predicted octanol–water partition coefficient (Wildman–Crippen LogP) is 3.20. The van der Waals surface area contributed by atoms with Gasteiger partial charge >= 0.3 is 0 Å². The number of hydrogen-bond acceptors (Lipinski definition) is 5. The second kappa shape index (κ2) is 5.64. The van der Waals surface area contributed by atoms with Crippen LogP contribution in [-0.4, -0.2) is 25.3 Å². The quantitative estimate of drug-likeness (QED) is 0.942. The summed E-state index contributed by atoms with van der Waals surface area (Å²) >= 11 is 1.54. The molecule has 4 nitrogen and oxygen atoms in total. The fraction of sp³-hybridized carbons (Fsp3) is 0.267. The Labute approximate surface area is 121 Å². The lowest BCUT2D eigenvalue weighted by Crippen LogP contribution is -2.04. The third kappa shape index (κ3) is 2.55. The first kappa shape index (κ1) is 13.1. The van der Waals surface area contributed by atoms with Crippen molar-refractivity contribution in [2.24, 2.45) is 0 Å². The van der Waals surface area contributed by atoms with Crippen molar-refractivity contribution >= 4 is 22.7 Å². The van der Waals surface area contributed by atoms with Crippen LogP contribution >= 0.6 is 11.3 Å². The third-order valence-corrected chi connectivity index (χ3v) is 4.19. The Hall–Kier alpha value is -1.85. The Morgan fingerprint density at radius 1 is 1.40 bits per heavy atom. The summed E-state index contributed by atoms with van der Waals surface area (Å²) in [6, 6.07) is 6.17. The highest BCUT2D eigenvalue weighted by Gasteiger charge is 2.13. The lowest BCUT2D eigenvalue weighted by molar-refractivity contribution is 0.161. The molecule has 5 heteroatoms. The molecule has 2 N–H and O–H groups in total. The van der Waals surface area contributed by atoms with E-state index < -0.39 is 0 Å². The van der Waals surface area contributed by atoms with Gasteiger partial charge < -0.3 is 15.2 Å². The highest BCUT2D eigenvalue weighted by atomic mass is 32.1. The molecule has 1 aromatic carbocycles. The Balaban J connectivity index is 1.99. The fourth-order valence-corrected chi connectivity index (χ4v) is 2.99. The number of methoxy groups -OCH3 is 1. The van der Waals surface area contributed by atoms with Gasteiger partial charge in [0.1, 0.15) is 16.6 Å². The van der Waals surface area contributed by atoms with Crippen LogP contribution in [0, 0.1) is 0 Å². The standard InChI is InChI=1S/C15H16N2O2S/c1-18-13-8-11(15-17-14(16)9-20-15)2-3-12(13)10-4-6-19-7-5-10/h2-4,8-9H,5-7,16H2,1H3. The molecule has 0 radical (unpaired) electrons. The maximum atomic E-state index is 5.68. The Bertz CT molecular complexity index is 649. The largest absolute Gasteiger partial charge is 0.496 e. The summed E-state index contributed by atoms with van der Waals surface area (Å²) in [7, 11) is 1.69. The minimum atomic E-state index is 0.556. The number of rotatable bonds is 3. The molecule has 0 aliphatic carbocycles. The minimum absolute atomic E-state index is 0.556. The first-order valence-electron chi connectivity index (χ1n) is 6.44. The zero-order valence-corrected chi connectivity index (χ0v) is 12.1. The summed E-state index contributed by atoms with van der Waals surface area (Å²) in [5.41, 5.74) is 9.11. The molecule has 0 spiro atoms. The van der Waals surface area contributed by atoms with Crippen molar-refractivity contribution in [2.75, 3.05) is 26.1 Å². The predicted molar refractivity (Wildman–Crippen MR) is 81.9 cm³/mol. The van der Waals surface area contributed by atoms with Crippen molar-refractivity contribution in [1.29, 1.82) is 0 Å². The summed E-state index contributed by atoms with van der Waals surface area (Å²) in [6.45, 7) is 1.43. The first-order valence-corrected chi connectivity index (χ1v) is 7.32. The molecule has 1 aliphatic heterocycles. The topological polar surface area (TPSA) is 57.4 Å². The molecular formula is C15H16N2O2S. The fourth-order valence-electron chi connectivity index (χ4n) is 2.28. The highest BCUT2D eigenvalue weighted by Crippen LogP contribution is 2.34. The van der Waals surface area contributed by atoms with Gasteiger partial charge in [-0.3, -0.25) is 0 Å². The van der Waals surface area contributed by atoms with Crippen LogP contribution in [0.3, 0.4) is 0 Å². The van der Waals surface area contributed by atoms with Crippen LogP contribution in [0.5, 0.6) is 5.75 Å². The van der Waals surface area contributed by atoms with Crippen molar-refractivity contribution in [3.63, 3.8) is 0 Å². The normalized spacial score (nSPS) is 14.9. The SMILES string of the molecule is COc1cc(-c2nc(N)cs2)ccc1C1=CCOCC1. The van der Waals surface area contributed by atoms with E-state index in [1.54, 1.807) is 7.11 Å². The number of anilines is 1. The van der Waals surface area contributed by atoms with E-state index in [1.807, 2.05) is 11.4 Å². The van der Waals surface area contributed by atoms with Crippen LogP contribution in [0.4, 0.5) is 5.82 Å². The number of hydrogen-bond donors (Lipinski definition) is 1. The van der Waals surface area contributed by atoms with Crippen LogP contribution in [-0.2, 0) is 4.74 Å². The van der Waals surface area contributed by atoms with Gasteiger partial charge in [0.25, 0.3) is 0 Å². The number of aromatic nitrogens is 1. The van der Waals surface area contributed by atoms with Crippen molar-refractivity contribution < 1.29 is 9.47 Å². The number of nitrogens with zero attached hydrogens (tertiary/aromatic N) is 1. The van der Waals surface area contributed by atoms with E-state index >= 15 is 0 Å². The van der Waals surface area contributed by atoms with Gasteiger partial charge in [-0.15, -0.1) is 11.3 Å². The lowest BCUT2D eigenvalue weighted by Gasteiger charge is -2.17. The summed E-state index contributed by atoms with van der Waals surface area (Å²) in [5, 5.41) is 2.75. The van der Waals surface area contributed by atoms with Gasteiger partial charge in [-0.1, -0.05) is 18.2 Å². The van der Waals surface area contributed by atoms with E-state index in [2.05, 4.69) is 23.2 Å². The summed E-state index contributed by atoms with van der Waals surface area (Å²) < 4.78 is 10.9. The molecule has 2 heterocycles. The average molecular weight is 288 g/mol. The van der Waals surface area contributed by atoms with Crippen molar-refractivity contribution in [3.8, 4) is 16.3 Å². The third-order valence-electron chi connectivity index (χ3n) is 3.28. The van der Waals surface area contributed by atoms with E-state index in [9.17, 15) is 0 Å². The second-order valence-electron chi connectivity index (χ2n) is 4.55. The molecule has 0 unspecified atom stereocenters. The van der Waals surface area contributed by atoms with E-state index in [0.717, 1.165) is 34.9 Å². The number of nitrogens with two attached hydrogens (primary N) is 1. The number of benzene rings is 1. The van der Waals surface area contributed by atoms with E-state index in [-0.39, 0.29) is 0 Å². The Kier molecular flexibility index (Phi) is 3.71. The molecule has 0 atom stereocenters. The van der Waals surface area contributed by atoms with Crippen molar-refractivity contribution in [2.45, 2.75) is 6.42 Å². The molecular weight excluding hydrogens is 272 g/mol. The molecule has 0 fully saturated rings. The second-order valence-corrected chi connectivity index (χ2v) is 5.40. The minimum Gasteiger partial charge on any atom is -0.496 e.